The molecule has 1 heterocycles. The molecule has 0 spiro atoms. The number of hydrogen-bond acceptors (Lipinski definition) is 4. The zero-order chi connectivity index (χ0) is 14.5. The first kappa shape index (κ1) is 16.0. The molecule has 0 aliphatic heterocycles. The summed E-state index contributed by atoms with van der Waals surface area (Å²) in [7, 11) is 0. The Morgan fingerprint density at radius 1 is 1.53 bits per heavy atom. The van der Waals surface area contributed by atoms with Gasteiger partial charge in [0.05, 0.1) is 17.3 Å². The minimum atomic E-state index is -0.472. The highest BCUT2D eigenvalue weighted by Gasteiger charge is 2.16. The molecule has 1 rings (SSSR count). The van der Waals surface area contributed by atoms with E-state index in [-0.39, 0.29) is 6.04 Å². The van der Waals surface area contributed by atoms with Gasteiger partial charge in [-0.15, -0.1) is 0 Å². The van der Waals surface area contributed by atoms with E-state index in [9.17, 15) is 4.79 Å². The maximum Gasteiger partial charge on any atom is 0.407 e. The number of carbonyl (C=O) groups excluding carboxylic acids is 1. The van der Waals surface area contributed by atoms with Gasteiger partial charge in [-0.05, 0) is 49.7 Å². The molecule has 1 aromatic rings. The van der Waals surface area contributed by atoms with Crippen LogP contribution in [0.4, 0.5) is 4.79 Å². The number of furan rings is 1. The minimum Gasteiger partial charge on any atom is -0.467 e. The summed E-state index contributed by atoms with van der Waals surface area (Å²) in [5.74, 6) is 0.837. The van der Waals surface area contributed by atoms with Crippen LogP contribution in [-0.4, -0.2) is 24.3 Å². The maximum absolute atomic E-state index is 11.5. The second-order valence-electron chi connectivity index (χ2n) is 5.36. The second kappa shape index (κ2) is 6.96. The molecule has 0 saturated carbocycles. The minimum absolute atomic E-state index is 0.115. The lowest BCUT2D eigenvalue weighted by Gasteiger charge is -2.21. The zero-order valence-electron chi connectivity index (χ0n) is 11.7. The number of alkyl carbamates (subject to hydrolysis) is 1. The van der Waals surface area contributed by atoms with Gasteiger partial charge >= 0.3 is 6.09 Å². The Kier molecular flexibility index (Phi) is 5.87. The summed E-state index contributed by atoms with van der Waals surface area (Å²) >= 11 is 3.39. The molecule has 19 heavy (non-hydrogen) atoms. The summed E-state index contributed by atoms with van der Waals surface area (Å²) in [6, 6.07) is 1.96. The first-order valence-corrected chi connectivity index (χ1v) is 6.99. The van der Waals surface area contributed by atoms with Crippen LogP contribution in [0.1, 0.15) is 33.5 Å². The van der Waals surface area contributed by atoms with Crippen molar-refractivity contribution >= 4 is 22.0 Å². The lowest BCUT2D eigenvalue weighted by Crippen LogP contribution is -2.40. The summed E-state index contributed by atoms with van der Waals surface area (Å²) in [5.41, 5.74) is -0.472. The quantitative estimate of drug-likeness (QED) is 0.869. The molecule has 0 aliphatic rings. The van der Waals surface area contributed by atoms with Gasteiger partial charge in [-0.3, -0.25) is 0 Å². The van der Waals surface area contributed by atoms with Gasteiger partial charge in [0.2, 0.25) is 0 Å². The van der Waals surface area contributed by atoms with Crippen LogP contribution in [0.3, 0.4) is 0 Å². The fourth-order valence-corrected chi connectivity index (χ4v) is 1.68. The highest BCUT2D eigenvalue weighted by Crippen LogP contribution is 2.17. The Labute approximate surface area is 122 Å². The maximum atomic E-state index is 11.5. The number of carbonyl (C=O) groups is 1. The molecule has 0 aromatic carbocycles. The number of ether oxygens (including phenoxy) is 1. The number of amides is 1. The molecular weight excluding hydrogens is 312 g/mol. The normalized spacial score (nSPS) is 13.1. The molecule has 1 amide bonds. The van der Waals surface area contributed by atoms with E-state index in [0.29, 0.717) is 13.1 Å². The van der Waals surface area contributed by atoms with E-state index in [4.69, 9.17) is 9.15 Å². The summed E-state index contributed by atoms with van der Waals surface area (Å²) in [6.45, 7) is 8.58. The highest BCUT2D eigenvalue weighted by atomic mass is 79.9. The van der Waals surface area contributed by atoms with Crippen LogP contribution in [0.15, 0.2) is 21.2 Å². The summed E-state index contributed by atoms with van der Waals surface area (Å²) < 4.78 is 11.4. The fourth-order valence-electron chi connectivity index (χ4n) is 1.34. The molecule has 0 radical (unpaired) electrons. The van der Waals surface area contributed by atoms with E-state index in [2.05, 4.69) is 26.6 Å². The van der Waals surface area contributed by atoms with E-state index >= 15 is 0 Å². The average molecular weight is 333 g/mol. The van der Waals surface area contributed by atoms with Crippen molar-refractivity contribution in [2.45, 2.75) is 45.9 Å². The number of rotatable bonds is 5. The van der Waals surface area contributed by atoms with Crippen molar-refractivity contribution in [2.75, 3.05) is 6.54 Å². The molecule has 6 heteroatoms. The van der Waals surface area contributed by atoms with E-state index < -0.39 is 11.7 Å². The lowest BCUT2D eigenvalue weighted by atomic mass is 10.2. The number of hydrogen-bond donors (Lipinski definition) is 2. The van der Waals surface area contributed by atoms with Crippen LogP contribution in [0.5, 0.6) is 0 Å². The average Bonchev–Trinajstić information content (AvgIpc) is 2.67. The van der Waals surface area contributed by atoms with Crippen molar-refractivity contribution < 1.29 is 13.9 Å². The molecule has 0 saturated heterocycles. The zero-order valence-corrected chi connectivity index (χ0v) is 13.3. The van der Waals surface area contributed by atoms with E-state index in [1.807, 2.05) is 33.8 Å². The summed E-state index contributed by atoms with van der Waals surface area (Å²) in [5, 5.41) is 5.97. The Hall–Kier alpha value is -1.01. The lowest BCUT2D eigenvalue weighted by molar-refractivity contribution is 0.0523. The Bertz CT molecular complexity index is 412. The van der Waals surface area contributed by atoms with Gasteiger partial charge in [-0.1, -0.05) is 0 Å². The Balaban J connectivity index is 2.23. The van der Waals surface area contributed by atoms with Gasteiger partial charge < -0.3 is 19.8 Å². The van der Waals surface area contributed by atoms with Gasteiger partial charge in [0.25, 0.3) is 0 Å². The Morgan fingerprint density at radius 2 is 2.21 bits per heavy atom. The molecule has 1 unspecified atom stereocenters. The molecule has 2 N–H and O–H groups in total. The van der Waals surface area contributed by atoms with Gasteiger partial charge in [0.1, 0.15) is 11.4 Å². The third-order valence-electron chi connectivity index (χ3n) is 2.25. The predicted molar refractivity (Wildman–Crippen MR) is 76.9 cm³/mol. The smallest absolute Gasteiger partial charge is 0.407 e. The fraction of sp³-hybridized carbons (Fsp3) is 0.615. The van der Waals surface area contributed by atoms with Crippen molar-refractivity contribution in [3.8, 4) is 0 Å². The molecule has 0 fully saturated rings. The van der Waals surface area contributed by atoms with Crippen LogP contribution < -0.4 is 10.6 Å². The Morgan fingerprint density at radius 3 is 2.74 bits per heavy atom. The molecule has 0 aliphatic carbocycles. The molecular formula is C13H21BrN2O3. The van der Waals surface area contributed by atoms with Crippen LogP contribution in [-0.2, 0) is 11.3 Å². The predicted octanol–water partition coefficient (Wildman–Crippen LogP) is 3.04. The van der Waals surface area contributed by atoms with Gasteiger partial charge in [-0.25, -0.2) is 4.79 Å². The highest BCUT2D eigenvalue weighted by molar-refractivity contribution is 9.10. The molecule has 1 aromatic heterocycles. The molecule has 1 atom stereocenters. The van der Waals surface area contributed by atoms with Crippen molar-refractivity contribution in [1.82, 2.24) is 10.6 Å². The third-order valence-corrected chi connectivity index (χ3v) is 2.96. The summed E-state index contributed by atoms with van der Waals surface area (Å²) in [4.78, 5) is 11.5. The number of halogens is 1. The van der Waals surface area contributed by atoms with E-state index in [1.165, 1.54) is 0 Å². The second-order valence-corrected chi connectivity index (χ2v) is 6.21. The van der Waals surface area contributed by atoms with Gasteiger partial charge in [0, 0.05) is 12.6 Å². The SMILES string of the molecule is CC(CNC(=O)OC(C)(C)C)NCc1occc1Br. The largest absolute Gasteiger partial charge is 0.467 e. The topological polar surface area (TPSA) is 63.5 Å². The molecule has 0 bridgehead atoms. The van der Waals surface area contributed by atoms with Crippen molar-refractivity contribution in [2.24, 2.45) is 0 Å². The van der Waals surface area contributed by atoms with Crippen LogP contribution in [0.25, 0.3) is 0 Å². The van der Waals surface area contributed by atoms with Crippen LogP contribution >= 0.6 is 15.9 Å². The van der Waals surface area contributed by atoms with Crippen LogP contribution in [0, 0.1) is 0 Å². The number of nitrogens with one attached hydrogen (secondary N) is 2. The monoisotopic (exact) mass is 332 g/mol. The third kappa shape index (κ3) is 6.63. The van der Waals surface area contributed by atoms with Crippen molar-refractivity contribution in [1.29, 1.82) is 0 Å². The first-order chi connectivity index (χ1) is 8.78. The standard InChI is InChI=1S/C13H21BrN2O3/c1-9(7-16-12(17)19-13(2,3)4)15-8-11-10(14)5-6-18-11/h5-6,9,15H,7-8H2,1-4H3,(H,16,17). The van der Waals surface area contributed by atoms with Crippen molar-refractivity contribution in [3.63, 3.8) is 0 Å². The summed E-state index contributed by atoms with van der Waals surface area (Å²) in [6.07, 6.45) is 1.23. The van der Waals surface area contributed by atoms with Gasteiger partial charge in [-0.2, -0.15) is 0 Å². The first-order valence-electron chi connectivity index (χ1n) is 6.20. The molecule has 5 nitrogen and oxygen atoms in total. The van der Waals surface area contributed by atoms with Crippen LogP contribution in [0.2, 0.25) is 0 Å². The van der Waals surface area contributed by atoms with Gasteiger partial charge in [0.15, 0.2) is 0 Å². The van der Waals surface area contributed by atoms with E-state index in [1.54, 1.807) is 6.26 Å². The van der Waals surface area contributed by atoms with Crippen molar-refractivity contribution in [3.05, 3.63) is 22.6 Å². The van der Waals surface area contributed by atoms with E-state index in [0.717, 1.165) is 10.2 Å². The molecule has 108 valence electrons.